The van der Waals surface area contributed by atoms with Gasteiger partial charge in [-0.25, -0.2) is 9.59 Å². The number of carbonyl (C=O) groups excluding carboxylic acids is 5. The second-order valence-corrected chi connectivity index (χ2v) is 20.5. The summed E-state index contributed by atoms with van der Waals surface area (Å²) in [4.78, 5) is 60.5. The van der Waals surface area contributed by atoms with Crippen molar-refractivity contribution >= 4 is 29.8 Å². The minimum Gasteiger partial charge on any atom is -1.00 e. The lowest BCUT2D eigenvalue weighted by atomic mass is 10.0. The Morgan fingerprint density at radius 3 is 0.985 bits per heavy atom. The Kier molecular flexibility index (Phi) is 48.7. The smallest absolute Gasteiger partial charge is 0.362 e. The maximum atomic E-state index is 12.9. The van der Waals surface area contributed by atoms with Crippen LogP contribution in [0.4, 0.5) is 0 Å². The van der Waals surface area contributed by atoms with E-state index in [9.17, 15) is 24.0 Å². The van der Waals surface area contributed by atoms with E-state index in [1.54, 1.807) is 0 Å². The van der Waals surface area contributed by atoms with Gasteiger partial charge >= 0.3 is 29.8 Å². The van der Waals surface area contributed by atoms with Gasteiger partial charge in [0.15, 0.2) is 13.1 Å². The van der Waals surface area contributed by atoms with Crippen molar-refractivity contribution in [2.24, 2.45) is 0 Å². The monoisotopic (exact) mass is 1010 g/mol. The fraction of sp³-hybridized carbons (Fsp3) is 0.907. The van der Waals surface area contributed by atoms with Crippen molar-refractivity contribution in [3.8, 4) is 0 Å². The number of quaternary nitrogens is 2. The van der Waals surface area contributed by atoms with Crippen molar-refractivity contribution < 1.29 is 81.4 Å². The van der Waals surface area contributed by atoms with Crippen LogP contribution in [0, 0.1) is 0 Å². The first-order valence-corrected chi connectivity index (χ1v) is 27.0. The number of esters is 5. The lowest BCUT2D eigenvalue weighted by Crippen LogP contribution is -3.00. The first-order valence-electron chi connectivity index (χ1n) is 27.0. The minimum atomic E-state index is -0.307. The first kappa shape index (κ1) is 70.1. The van der Waals surface area contributed by atoms with Crippen LogP contribution in [0.3, 0.4) is 0 Å². The molecule has 0 aromatic rings. The molecule has 12 nitrogen and oxygen atoms in total. The Morgan fingerprint density at radius 1 is 0.368 bits per heavy atom. The molecule has 0 rings (SSSR count). The molecule has 2 atom stereocenters. The van der Waals surface area contributed by atoms with E-state index < -0.39 is 0 Å². The summed E-state index contributed by atoms with van der Waals surface area (Å²) in [5.74, 6) is -1.06. The Morgan fingerprint density at radius 2 is 0.662 bits per heavy atom. The molecule has 0 aliphatic heterocycles. The van der Waals surface area contributed by atoms with Crippen LogP contribution in [0.2, 0.25) is 0 Å². The molecule has 0 aromatic carbocycles. The standard InChI is InChI=1S/C54H104N2O10.2ClH/c1-9-11-13-15-18-24-30-36-50(65-53(60)46-55(5,6)41-44-62-48(3)57)38-32-26-20-17-21-28-34-40-52(59)64-43-35-29-23-22-27-33-39-51(37-31-25-19-16-14-12-10-2)66-54(61)47-56(7,8)42-45-63-49(4)58;;/h50-51H,9-47H2,1-8H3;2*1H/q+2;;/p-2. The van der Waals surface area contributed by atoms with E-state index >= 15 is 0 Å². The molecule has 14 heteroatoms. The van der Waals surface area contributed by atoms with E-state index in [1.165, 1.54) is 90.9 Å². The van der Waals surface area contributed by atoms with Gasteiger partial charge in [-0.2, -0.15) is 0 Å². The molecule has 0 aliphatic rings. The van der Waals surface area contributed by atoms with E-state index in [-0.39, 0.29) is 86.6 Å². The fourth-order valence-corrected chi connectivity index (χ4v) is 8.32. The molecule has 404 valence electrons. The number of unbranched alkanes of at least 4 members (excludes halogenated alkanes) is 23. The van der Waals surface area contributed by atoms with Gasteiger partial charge in [0.1, 0.15) is 38.5 Å². The third-order valence-corrected chi connectivity index (χ3v) is 12.6. The number of nitrogens with zero attached hydrogens (tertiary/aromatic N) is 2. The average molecular weight is 1010 g/mol. The fourth-order valence-electron chi connectivity index (χ4n) is 8.32. The topological polar surface area (TPSA) is 132 Å². The molecule has 0 radical (unpaired) electrons. The number of halogens is 2. The Balaban J connectivity index is -0.0000211. The van der Waals surface area contributed by atoms with Gasteiger partial charge in [-0.15, -0.1) is 0 Å². The highest BCUT2D eigenvalue weighted by molar-refractivity contribution is 5.71. The number of likely N-dealkylation sites (N-methyl/N-ethyl adjacent to an activating group) is 2. The largest absolute Gasteiger partial charge is 1.00 e. The predicted octanol–water partition coefficient (Wildman–Crippen LogP) is 6.16. The molecule has 0 bridgehead atoms. The second kappa shape index (κ2) is 47.2. The third kappa shape index (κ3) is 48.9. The Labute approximate surface area is 429 Å². The molecular weight excluding hydrogens is 908 g/mol. The lowest BCUT2D eigenvalue weighted by molar-refractivity contribution is -0.883. The third-order valence-electron chi connectivity index (χ3n) is 12.6. The predicted molar refractivity (Wildman–Crippen MR) is 267 cm³/mol. The van der Waals surface area contributed by atoms with Crippen LogP contribution in [0.25, 0.3) is 0 Å². The molecule has 0 heterocycles. The van der Waals surface area contributed by atoms with Crippen LogP contribution in [0.15, 0.2) is 0 Å². The normalized spacial score (nSPS) is 12.3. The van der Waals surface area contributed by atoms with E-state index in [4.69, 9.17) is 23.7 Å². The molecule has 0 aromatic heterocycles. The molecule has 0 fully saturated rings. The molecular formula is C54H104Cl2N2O10. The lowest BCUT2D eigenvalue weighted by Gasteiger charge is -2.29. The number of hydrogen-bond donors (Lipinski definition) is 0. The molecule has 0 N–H and O–H groups in total. The summed E-state index contributed by atoms with van der Waals surface area (Å²) in [6.45, 7) is 9.99. The molecule has 68 heavy (non-hydrogen) atoms. The van der Waals surface area contributed by atoms with Gasteiger partial charge in [0, 0.05) is 20.3 Å². The van der Waals surface area contributed by atoms with Gasteiger partial charge in [0.2, 0.25) is 0 Å². The van der Waals surface area contributed by atoms with Crippen molar-refractivity contribution in [1.82, 2.24) is 0 Å². The van der Waals surface area contributed by atoms with Crippen molar-refractivity contribution in [2.45, 2.75) is 245 Å². The number of rotatable bonds is 47. The zero-order chi connectivity index (χ0) is 49.2. The average Bonchev–Trinajstić information content (AvgIpc) is 3.23. The maximum absolute atomic E-state index is 12.9. The highest BCUT2D eigenvalue weighted by Gasteiger charge is 2.25. The Hall–Kier alpha value is -2.15. The van der Waals surface area contributed by atoms with Crippen LogP contribution in [-0.4, -0.2) is 125 Å². The van der Waals surface area contributed by atoms with E-state index in [2.05, 4.69) is 13.8 Å². The van der Waals surface area contributed by atoms with E-state index in [1.807, 2.05) is 28.2 Å². The summed E-state index contributed by atoms with van der Waals surface area (Å²) in [5, 5.41) is 0. The van der Waals surface area contributed by atoms with Crippen LogP contribution in [0.5, 0.6) is 0 Å². The Bertz CT molecular complexity index is 1150. The van der Waals surface area contributed by atoms with Gasteiger partial charge in [-0.05, 0) is 64.2 Å². The van der Waals surface area contributed by atoms with E-state index in [0.29, 0.717) is 41.7 Å². The zero-order valence-corrected chi connectivity index (χ0v) is 46.5. The van der Waals surface area contributed by atoms with Crippen molar-refractivity contribution in [2.75, 3.05) is 74.2 Å². The quantitative estimate of drug-likeness (QED) is 0.0303. The summed E-state index contributed by atoms with van der Waals surface area (Å²) < 4.78 is 28.6. The van der Waals surface area contributed by atoms with Gasteiger partial charge < -0.3 is 57.5 Å². The highest BCUT2D eigenvalue weighted by Crippen LogP contribution is 2.20. The summed E-state index contributed by atoms with van der Waals surface area (Å²) in [6, 6.07) is 0. The molecule has 0 spiro atoms. The molecule has 0 saturated heterocycles. The van der Waals surface area contributed by atoms with Gasteiger partial charge in [0.05, 0.1) is 34.8 Å². The van der Waals surface area contributed by atoms with Gasteiger partial charge in [0.25, 0.3) is 0 Å². The van der Waals surface area contributed by atoms with Crippen molar-refractivity contribution in [1.29, 1.82) is 0 Å². The minimum absolute atomic E-state index is 0. The number of carbonyl (C=O) groups is 5. The number of hydrogen-bond acceptors (Lipinski definition) is 10. The van der Waals surface area contributed by atoms with Crippen LogP contribution < -0.4 is 24.8 Å². The van der Waals surface area contributed by atoms with Gasteiger partial charge in [-0.1, -0.05) is 149 Å². The van der Waals surface area contributed by atoms with Crippen LogP contribution >= 0.6 is 0 Å². The highest BCUT2D eigenvalue weighted by atomic mass is 35.5. The summed E-state index contributed by atoms with van der Waals surface area (Å²) in [6.07, 6.45) is 35.1. The SMILES string of the molecule is CCCCCCCCCC(CCCCCCCCCC(=O)OCCCCCCCCC(CCCCCCCCC)OC(=O)C[N+](C)(C)CCOC(C)=O)OC(=O)C[N+](C)(C)CCOC(C)=O.[Cl-].[Cl-]. The maximum Gasteiger partial charge on any atom is 0.362 e. The summed E-state index contributed by atoms with van der Waals surface area (Å²) in [5.41, 5.74) is 0. The zero-order valence-electron chi connectivity index (χ0n) is 45.0. The van der Waals surface area contributed by atoms with E-state index in [0.717, 1.165) is 122 Å². The summed E-state index contributed by atoms with van der Waals surface area (Å²) in [7, 11) is 7.85. The number of ether oxygens (including phenoxy) is 5. The summed E-state index contributed by atoms with van der Waals surface area (Å²) >= 11 is 0. The van der Waals surface area contributed by atoms with Crippen LogP contribution in [0.1, 0.15) is 233 Å². The molecule has 0 saturated carbocycles. The second-order valence-electron chi connectivity index (χ2n) is 20.5. The van der Waals surface area contributed by atoms with Gasteiger partial charge in [-0.3, -0.25) is 14.4 Å². The van der Waals surface area contributed by atoms with Crippen molar-refractivity contribution in [3.63, 3.8) is 0 Å². The van der Waals surface area contributed by atoms with Crippen LogP contribution in [-0.2, 0) is 47.7 Å². The first-order chi connectivity index (χ1) is 31.6. The molecule has 0 amide bonds. The molecule has 0 aliphatic carbocycles. The van der Waals surface area contributed by atoms with Crippen molar-refractivity contribution in [3.05, 3.63) is 0 Å². The molecule has 2 unspecified atom stereocenters.